The second kappa shape index (κ2) is 50.8. The Hall–Kier alpha value is -1.94. The Morgan fingerprint density at radius 3 is 0.872 bits per heavy atom. The Morgan fingerprint density at radius 1 is 0.346 bits per heavy atom. The molecule has 0 aromatic carbocycles. The fraction of sp³-hybridized carbons (Fsp3) is 0.932. The molecule has 0 saturated heterocycles. The van der Waals surface area contributed by atoms with Crippen molar-refractivity contribution < 1.29 is 80.2 Å². The molecule has 5 atom stereocenters. The van der Waals surface area contributed by atoms with Crippen molar-refractivity contribution in [3.05, 3.63) is 0 Å². The molecule has 19 heteroatoms. The first-order chi connectivity index (χ1) is 37.2. The summed E-state index contributed by atoms with van der Waals surface area (Å²) in [6, 6.07) is 0. The number of carbonyl (C=O) groups is 4. The fourth-order valence-corrected chi connectivity index (χ4v) is 10.2. The van der Waals surface area contributed by atoms with E-state index in [2.05, 4.69) is 48.5 Å². The van der Waals surface area contributed by atoms with Crippen molar-refractivity contribution in [2.45, 2.75) is 298 Å². The van der Waals surface area contributed by atoms with Gasteiger partial charge in [-0.15, -0.1) is 0 Å². The van der Waals surface area contributed by atoms with E-state index in [-0.39, 0.29) is 25.7 Å². The van der Waals surface area contributed by atoms with Gasteiger partial charge in [0.15, 0.2) is 12.2 Å². The van der Waals surface area contributed by atoms with Crippen molar-refractivity contribution >= 4 is 39.5 Å². The van der Waals surface area contributed by atoms with Crippen molar-refractivity contribution in [2.75, 3.05) is 39.6 Å². The van der Waals surface area contributed by atoms with Crippen molar-refractivity contribution in [1.29, 1.82) is 0 Å². The fourth-order valence-electron chi connectivity index (χ4n) is 8.60. The van der Waals surface area contributed by atoms with Gasteiger partial charge in [-0.2, -0.15) is 0 Å². The van der Waals surface area contributed by atoms with Crippen LogP contribution in [0.25, 0.3) is 0 Å². The van der Waals surface area contributed by atoms with E-state index in [1.54, 1.807) is 0 Å². The monoisotopic (exact) mass is 1160 g/mol. The molecule has 0 bridgehead atoms. The first-order valence-electron chi connectivity index (χ1n) is 30.8. The van der Waals surface area contributed by atoms with Gasteiger partial charge in [0, 0.05) is 25.7 Å². The van der Waals surface area contributed by atoms with Crippen LogP contribution in [0.5, 0.6) is 0 Å². The zero-order valence-electron chi connectivity index (χ0n) is 50.1. The number of ether oxygens (including phenoxy) is 4. The van der Waals surface area contributed by atoms with E-state index in [1.165, 1.54) is 77.0 Å². The molecule has 17 nitrogen and oxygen atoms in total. The zero-order valence-corrected chi connectivity index (χ0v) is 51.9. The number of rotatable bonds is 57. The lowest BCUT2D eigenvalue weighted by molar-refractivity contribution is -0.161. The molecule has 462 valence electrons. The molecule has 0 heterocycles. The Bertz CT molecular complexity index is 1560. The van der Waals surface area contributed by atoms with Crippen molar-refractivity contribution in [2.24, 2.45) is 17.8 Å². The highest BCUT2D eigenvalue weighted by molar-refractivity contribution is 7.47. The second-order valence-electron chi connectivity index (χ2n) is 22.8. The molecular formula is C59H114O17P2. The summed E-state index contributed by atoms with van der Waals surface area (Å²) in [5, 5.41) is 10.5. The van der Waals surface area contributed by atoms with Gasteiger partial charge < -0.3 is 33.8 Å². The molecule has 0 fully saturated rings. The van der Waals surface area contributed by atoms with Crippen LogP contribution in [0.4, 0.5) is 0 Å². The van der Waals surface area contributed by atoms with E-state index in [0.717, 1.165) is 103 Å². The molecular weight excluding hydrogens is 1040 g/mol. The molecule has 0 aliphatic rings. The molecule has 0 aliphatic carbocycles. The smallest absolute Gasteiger partial charge is 0.462 e. The van der Waals surface area contributed by atoms with Crippen LogP contribution >= 0.6 is 15.6 Å². The van der Waals surface area contributed by atoms with Crippen molar-refractivity contribution in [1.82, 2.24) is 0 Å². The second-order valence-corrected chi connectivity index (χ2v) is 25.7. The van der Waals surface area contributed by atoms with Gasteiger partial charge in [-0.3, -0.25) is 37.3 Å². The molecule has 0 radical (unpaired) electrons. The van der Waals surface area contributed by atoms with E-state index < -0.39 is 97.5 Å². The molecule has 0 aliphatic heterocycles. The molecule has 0 rings (SSSR count). The predicted octanol–water partition coefficient (Wildman–Crippen LogP) is 15.6. The standard InChI is InChI=1S/C59H114O17P2/c1-8-9-10-11-12-19-26-33-40-56(61)69-46-54(75-58(63)42-35-28-21-14-17-24-31-38-51(4)5)48-73-77(65,66)71-44-53(60)45-72-78(67,68)74-49-55(76-59(64)43-36-29-22-15-18-25-32-39-52(6)7)47-70-57(62)41-34-27-20-13-16-23-30-37-50(2)3/h50-55,60H,8-49H2,1-7H3,(H,65,66)(H,67,68)/t53-,54+,55+/m0/s1. The van der Waals surface area contributed by atoms with Gasteiger partial charge in [-0.25, -0.2) is 9.13 Å². The van der Waals surface area contributed by atoms with Crippen LogP contribution in [0.15, 0.2) is 0 Å². The zero-order chi connectivity index (χ0) is 58.1. The minimum Gasteiger partial charge on any atom is -0.462 e. The predicted molar refractivity (Wildman–Crippen MR) is 308 cm³/mol. The lowest BCUT2D eigenvalue weighted by atomic mass is 10.0. The number of phosphoric ester groups is 2. The number of aliphatic hydroxyl groups is 1. The summed E-state index contributed by atoms with van der Waals surface area (Å²) in [5.41, 5.74) is 0. The van der Waals surface area contributed by atoms with E-state index in [0.29, 0.717) is 43.4 Å². The molecule has 0 amide bonds. The average molecular weight is 1160 g/mol. The van der Waals surface area contributed by atoms with Crippen LogP contribution in [0.1, 0.15) is 280 Å². The third-order valence-corrected chi connectivity index (χ3v) is 15.3. The number of carbonyl (C=O) groups excluding carboxylic acids is 4. The van der Waals surface area contributed by atoms with Crippen LogP contribution in [0.3, 0.4) is 0 Å². The maximum Gasteiger partial charge on any atom is 0.472 e. The van der Waals surface area contributed by atoms with Crippen LogP contribution in [-0.4, -0.2) is 96.7 Å². The Balaban J connectivity index is 5.23. The number of aliphatic hydroxyl groups excluding tert-OH is 1. The van der Waals surface area contributed by atoms with Crippen LogP contribution in [0, 0.1) is 17.8 Å². The van der Waals surface area contributed by atoms with Gasteiger partial charge in [0.2, 0.25) is 0 Å². The molecule has 0 aromatic rings. The number of hydrogen-bond acceptors (Lipinski definition) is 15. The highest BCUT2D eigenvalue weighted by Crippen LogP contribution is 2.45. The first kappa shape index (κ1) is 76.1. The van der Waals surface area contributed by atoms with E-state index >= 15 is 0 Å². The summed E-state index contributed by atoms with van der Waals surface area (Å²) >= 11 is 0. The van der Waals surface area contributed by atoms with Gasteiger partial charge in [0.25, 0.3) is 0 Å². The first-order valence-corrected chi connectivity index (χ1v) is 33.8. The lowest BCUT2D eigenvalue weighted by Gasteiger charge is -2.21. The quantitative estimate of drug-likeness (QED) is 0.0222. The number of esters is 4. The van der Waals surface area contributed by atoms with Crippen LogP contribution in [-0.2, 0) is 65.4 Å². The number of hydrogen-bond donors (Lipinski definition) is 3. The Morgan fingerprint density at radius 2 is 0.590 bits per heavy atom. The Labute approximate surface area is 473 Å². The summed E-state index contributed by atoms with van der Waals surface area (Å²) in [6.45, 7) is 11.5. The molecule has 0 spiro atoms. The third kappa shape index (κ3) is 53.4. The third-order valence-electron chi connectivity index (χ3n) is 13.4. The summed E-state index contributed by atoms with van der Waals surface area (Å²) in [7, 11) is -9.87. The number of phosphoric acid groups is 2. The van der Waals surface area contributed by atoms with Gasteiger partial charge in [0.1, 0.15) is 19.3 Å². The minimum atomic E-state index is -4.94. The highest BCUT2D eigenvalue weighted by atomic mass is 31.2. The van der Waals surface area contributed by atoms with Crippen LogP contribution < -0.4 is 0 Å². The maximum absolute atomic E-state index is 12.9. The molecule has 3 N–H and O–H groups in total. The van der Waals surface area contributed by atoms with Gasteiger partial charge in [-0.1, -0.05) is 228 Å². The summed E-state index contributed by atoms with van der Waals surface area (Å²) in [4.78, 5) is 71.8. The Kier molecular flexibility index (Phi) is 49.5. The topological polar surface area (TPSA) is 237 Å². The average Bonchev–Trinajstić information content (AvgIpc) is 3.38. The van der Waals surface area contributed by atoms with E-state index in [1.807, 2.05) is 0 Å². The normalized spacial score (nSPS) is 14.5. The van der Waals surface area contributed by atoms with Gasteiger partial charge >= 0.3 is 39.5 Å². The highest BCUT2D eigenvalue weighted by Gasteiger charge is 2.30. The van der Waals surface area contributed by atoms with Gasteiger partial charge in [-0.05, 0) is 43.4 Å². The summed E-state index contributed by atoms with van der Waals surface area (Å²) in [6.07, 6.45) is 29.7. The van der Waals surface area contributed by atoms with E-state index in [4.69, 9.17) is 37.0 Å². The molecule has 0 aromatic heterocycles. The number of unbranched alkanes of at least 4 members (excludes halogenated alkanes) is 25. The van der Waals surface area contributed by atoms with Crippen LogP contribution in [0.2, 0.25) is 0 Å². The van der Waals surface area contributed by atoms with Crippen molar-refractivity contribution in [3.63, 3.8) is 0 Å². The molecule has 0 saturated carbocycles. The molecule has 2 unspecified atom stereocenters. The molecule has 78 heavy (non-hydrogen) atoms. The summed E-state index contributed by atoms with van der Waals surface area (Å²) < 4.78 is 67.7. The van der Waals surface area contributed by atoms with Gasteiger partial charge in [0.05, 0.1) is 26.4 Å². The maximum atomic E-state index is 12.9. The summed E-state index contributed by atoms with van der Waals surface area (Å²) in [5.74, 6) is -0.0532. The van der Waals surface area contributed by atoms with Crippen molar-refractivity contribution in [3.8, 4) is 0 Å². The lowest BCUT2D eigenvalue weighted by Crippen LogP contribution is -2.30. The minimum absolute atomic E-state index is 0.102. The SMILES string of the molecule is CCCCCCCCCCC(=O)OC[C@H](COP(=O)(O)OC[C@H](O)COP(=O)(O)OC[C@@H](COC(=O)CCCCCCCCCC(C)C)OC(=O)CCCCCCCCCC(C)C)OC(=O)CCCCCCCCCC(C)C. The van der Waals surface area contributed by atoms with E-state index in [9.17, 15) is 43.2 Å². The largest absolute Gasteiger partial charge is 0.472 e.